The molecule has 270 valence electrons. The fraction of sp³-hybridized carbons (Fsp3) is 0.485. The molecule has 0 saturated heterocycles. The quantitative estimate of drug-likeness (QED) is 0.159. The van der Waals surface area contributed by atoms with Crippen LogP contribution in [0.3, 0.4) is 0 Å². The van der Waals surface area contributed by atoms with E-state index >= 15 is 0 Å². The minimum atomic E-state index is -4.65. The minimum Gasteiger partial charge on any atom is -0.463 e. The molecule has 1 fully saturated rings. The molecule has 3 aromatic rings. The van der Waals surface area contributed by atoms with Crippen molar-refractivity contribution in [2.45, 2.75) is 83.5 Å². The number of aliphatic imine (C=N–C) groups is 1. The molecule has 1 aliphatic carbocycles. The van der Waals surface area contributed by atoms with E-state index in [0.29, 0.717) is 0 Å². The third-order valence-corrected chi connectivity index (χ3v) is 9.25. The van der Waals surface area contributed by atoms with E-state index in [1.54, 1.807) is 20.8 Å². The molecule has 1 saturated carbocycles. The predicted molar refractivity (Wildman–Crippen MR) is 168 cm³/mol. The van der Waals surface area contributed by atoms with Crippen LogP contribution in [0.2, 0.25) is 5.02 Å². The number of benzene rings is 2. The van der Waals surface area contributed by atoms with E-state index in [4.69, 9.17) is 22.1 Å². The molecule has 0 bridgehead atoms. The van der Waals surface area contributed by atoms with Gasteiger partial charge in [0.2, 0.25) is 0 Å². The Kier molecular flexibility index (Phi) is 9.52. The smallest absolute Gasteiger partial charge is 0.416 e. The number of nitrogens with zero attached hydrogens (tertiary/aromatic N) is 5. The molecule has 2 atom stereocenters. The highest BCUT2D eigenvalue weighted by molar-refractivity contribution is 6.32. The van der Waals surface area contributed by atoms with Gasteiger partial charge in [-0.1, -0.05) is 50.6 Å². The van der Waals surface area contributed by atoms with Gasteiger partial charge in [-0.05, 0) is 67.0 Å². The summed E-state index contributed by atoms with van der Waals surface area (Å²) in [7, 11) is 0. The third-order valence-electron chi connectivity index (χ3n) is 8.93. The Bertz CT molecular complexity index is 1800. The average Bonchev–Trinajstić information content (AvgIpc) is 3.55. The SMILES string of the molecule is CC(C)(C)C[C@]1(c2ccc(C(F)(F)F)cc2)N=C(N)N([C@H](COC(=O)CC2(C(C)(F)F)CC2)c2ccc(Cl)c(-n3ncnc3C(F)F)c2)C1=O. The summed E-state index contributed by atoms with van der Waals surface area (Å²) in [5.74, 6) is -6.05. The van der Waals surface area contributed by atoms with Gasteiger partial charge in [-0.3, -0.25) is 14.5 Å². The van der Waals surface area contributed by atoms with Gasteiger partial charge >= 0.3 is 12.1 Å². The predicted octanol–water partition coefficient (Wildman–Crippen LogP) is 7.78. The molecule has 2 N–H and O–H groups in total. The van der Waals surface area contributed by atoms with Crippen LogP contribution in [0, 0.1) is 10.8 Å². The minimum absolute atomic E-state index is 0.0232. The summed E-state index contributed by atoms with van der Waals surface area (Å²) >= 11 is 6.38. The molecule has 5 rings (SSSR count). The van der Waals surface area contributed by atoms with Gasteiger partial charge < -0.3 is 10.5 Å². The summed E-state index contributed by atoms with van der Waals surface area (Å²) in [6.07, 6.45) is -7.24. The van der Waals surface area contributed by atoms with Crippen molar-refractivity contribution in [2.24, 2.45) is 21.6 Å². The first kappa shape index (κ1) is 37.1. The van der Waals surface area contributed by atoms with Crippen LogP contribution in [-0.2, 0) is 26.0 Å². The number of amides is 1. The molecular formula is C33H34ClF7N6O3. The van der Waals surface area contributed by atoms with E-state index in [-0.39, 0.29) is 47.1 Å². The van der Waals surface area contributed by atoms with Crippen LogP contribution in [0.15, 0.2) is 53.8 Å². The fourth-order valence-corrected chi connectivity index (χ4v) is 6.43. The Balaban J connectivity index is 1.59. The average molecular weight is 731 g/mol. The number of carbonyl (C=O) groups is 2. The molecule has 9 nitrogen and oxygen atoms in total. The number of guanidine groups is 1. The Labute approximate surface area is 287 Å². The molecule has 0 unspecified atom stereocenters. The maximum Gasteiger partial charge on any atom is 0.416 e. The third kappa shape index (κ3) is 7.16. The van der Waals surface area contributed by atoms with Crippen LogP contribution in [-0.4, -0.2) is 50.0 Å². The van der Waals surface area contributed by atoms with Crippen molar-refractivity contribution in [2.75, 3.05) is 6.61 Å². The van der Waals surface area contributed by atoms with Gasteiger partial charge in [-0.2, -0.15) is 18.3 Å². The lowest BCUT2D eigenvalue weighted by molar-refractivity contribution is -0.153. The Morgan fingerprint density at radius 2 is 1.68 bits per heavy atom. The number of hydrogen-bond acceptors (Lipinski definition) is 7. The zero-order valence-electron chi connectivity index (χ0n) is 27.4. The van der Waals surface area contributed by atoms with Gasteiger partial charge in [-0.25, -0.2) is 32.2 Å². The summed E-state index contributed by atoms with van der Waals surface area (Å²) in [4.78, 5) is 36.8. The van der Waals surface area contributed by atoms with Crippen LogP contribution in [0.25, 0.3) is 5.69 Å². The van der Waals surface area contributed by atoms with E-state index in [1.165, 1.54) is 18.2 Å². The van der Waals surface area contributed by atoms with Crippen molar-refractivity contribution in [3.8, 4) is 5.69 Å². The van der Waals surface area contributed by atoms with E-state index in [0.717, 1.165) is 47.1 Å². The summed E-state index contributed by atoms with van der Waals surface area (Å²) in [5.41, 5.74) is 1.59. The van der Waals surface area contributed by atoms with Crippen molar-refractivity contribution in [3.05, 3.63) is 76.3 Å². The highest BCUT2D eigenvalue weighted by atomic mass is 35.5. The number of rotatable bonds is 11. The molecule has 1 amide bonds. The Hall–Kier alpha value is -4.21. The second kappa shape index (κ2) is 12.8. The van der Waals surface area contributed by atoms with Gasteiger partial charge in [-0.15, -0.1) is 0 Å². The lowest BCUT2D eigenvalue weighted by atomic mass is 9.75. The number of esters is 1. The molecule has 0 radical (unpaired) electrons. The van der Waals surface area contributed by atoms with Gasteiger partial charge in [0.15, 0.2) is 17.3 Å². The highest BCUT2D eigenvalue weighted by Gasteiger charge is 2.60. The van der Waals surface area contributed by atoms with Gasteiger partial charge in [0, 0.05) is 5.41 Å². The molecule has 2 aromatic carbocycles. The molecule has 2 aliphatic rings. The van der Waals surface area contributed by atoms with Crippen LogP contribution in [0.1, 0.15) is 88.4 Å². The first-order valence-electron chi connectivity index (χ1n) is 15.5. The summed E-state index contributed by atoms with van der Waals surface area (Å²) in [6, 6.07) is 6.61. The van der Waals surface area contributed by atoms with Crippen molar-refractivity contribution in [1.29, 1.82) is 0 Å². The standard InChI is InChI=1S/C33H34ClF7N6O3/c1-29(2,3)16-32(19-6-8-20(9-7-19)33(39,40)41)27(49)46(28(42)45-32)23(15-50-24(48)14-31(11-12-31)30(4,37)38)18-5-10-21(34)22(13-18)47-26(25(35)36)43-17-44-47/h5-10,13,17,23,25H,11-12,14-16H2,1-4H3,(H2,42,45)/t23-,32-/m1/s1. The fourth-order valence-electron chi connectivity index (χ4n) is 6.23. The van der Waals surface area contributed by atoms with Crippen molar-refractivity contribution >= 4 is 29.4 Å². The number of aromatic nitrogens is 3. The zero-order chi connectivity index (χ0) is 37.0. The van der Waals surface area contributed by atoms with E-state index < -0.39 is 77.2 Å². The summed E-state index contributed by atoms with van der Waals surface area (Å²) in [5, 5.41) is 3.80. The van der Waals surface area contributed by atoms with Crippen molar-refractivity contribution < 1.29 is 45.1 Å². The maximum atomic E-state index is 14.7. The number of halogens is 8. The lowest BCUT2D eigenvalue weighted by Crippen LogP contribution is -2.47. The normalized spacial score (nSPS) is 19.9. The molecule has 17 heteroatoms. The molecule has 0 spiro atoms. The van der Waals surface area contributed by atoms with Gasteiger partial charge in [0.25, 0.3) is 18.3 Å². The summed E-state index contributed by atoms with van der Waals surface area (Å²) in [6.45, 7) is 5.45. The Morgan fingerprint density at radius 1 is 1.04 bits per heavy atom. The number of carbonyl (C=O) groups excluding carboxylic acids is 2. The topological polar surface area (TPSA) is 116 Å². The zero-order valence-corrected chi connectivity index (χ0v) is 28.1. The number of ether oxygens (including phenoxy) is 1. The first-order valence-corrected chi connectivity index (χ1v) is 15.8. The highest BCUT2D eigenvalue weighted by Crippen LogP contribution is 2.59. The monoisotopic (exact) mass is 730 g/mol. The largest absolute Gasteiger partial charge is 0.463 e. The molecule has 1 aliphatic heterocycles. The van der Waals surface area contributed by atoms with Gasteiger partial charge in [0.1, 0.15) is 12.9 Å². The molecule has 50 heavy (non-hydrogen) atoms. The summed E-state index contributed by atoms with van der Waals surface area (Å²) < 4.78 is 103. The van der Waals surface area contributed by atoms with Gasteiger partial charge in [0.05, 0.1) is 28.7 Å². The number of nitrogens with two attached hydrogens (primary N) is 1. The van der Waals surface area contributed by atoms with Crippen molar-refractivity contribution in [1.82, 2.24) is 19.7 Å². The lowest BCUT2D eigenvalue weighted by Gasteiger charge is -2.35. The molecular weight excluding hydrogens is 697 g/mol. The van der Waals surface area contributed by atoms with Crippen LogP contribution in [0.4, 0.5) is 30.7 Å². The molecule has 2 heterocycles. The van der Waals surface area contributed by atoms with Crippen LogP contribution < -0.4 is 5.73 Å². The number of hydrogen-bond donors (Lipinski definition) is 1. The molecule has 1 aromatic heterocycles. The second-order valence-corrected chi connectivity index (χ2v) is 14.3. The Morgan fingerprint density at radius 3 is 2.22 bits per heavy atom. The van der Waals surface area contributed by atoms with E-state index in [1.807, 2.05) is 0 Å². The van der Waals surface area contributed by atoms with Crippen LogP contribution >= 0.6 is 11.6 Å². The number of alkyl halides is 7. The second-order valence-electron chi connectivity index (χ2n) is 13.9. The maximum absolute atomic E-state index is 14.7. The first-order chi connectivity index (χ1) is 23.1. The van der Waals surface area contributed by atoms with Crippen molar-refractivity contribution in [3.63, 3.8) is 0 Å². The van der Waals surface area contributed by atoms with E-state index in [9.17, 15) is 40.3 Å². The van der Waals surface area contributed by atoms with E-state index in [2.05, 4.69) is 15.1 Å². The van der Waals surface area contributed by atoms with Crippen LogP contribution in [0.5, 0.6) is 0 Å².